The van der Waals surface area contributed by atoms with Crippen LogP contribution in [0, 0.1) is 6.92 Å². The number of pyridine rings is 1. The molecule has 182 valence electrons. The highest BCUT2D eigenvalue weighted by Gasteiger charge is 2.35. The molecule has 1 N–H and O–H groups in total. The molecule has 0 spiro atoms. The first-order valence-corrected chi connectivity index (χ1v) is 12.2. The molecule has 0 radical (unpaired) electrons. The van der Waals surface area contributed by atoms with E-state index in [1.165, 1.54) is 30.9 Å². The molecule has 13 nitrogen and oxygen atoms in total. The van der Waals surface area contributed by atoms with Crippen molar-refractivity contribution in [2.45, 2.75) is 32.1 Å². The van der Waals surface area contributed by atoms with E-state index in [0.29, 0.717) is 11.1 Å². The number of carboxylic acid groups (broad SMARTS) is 1. The summed E-state index contributed by atoms with van der Waals surface area (Å²) in [7, 11) is -3.70. The number of fused-ring (bicyclic) bond motifs is 1. The number of ether oxygens (including phenoxy) is 1. The van der Waals surface area contributed by atoms with Crippen LogP contribution in [0.4, 0.5) is 16.4 Å². The molecule has 0 aliphatic carbocycles. The van der Waals surface area contributed by atoms with Crippen LogP contribution >= 0.6 is 0 Å². The average Bonchev–Trinajstić information content (AvgIpc) is 3.37. The van der Waals surface area contributed by atoms with E-state index in [2.05, 4.69) is 25.0 Å². The summed E-state index contributed by atoms with van der Waals surface area (Å²) in [4.78, 5) is 30.5. The zero-order valence-corrected chi connectivity index (χ0v) is 19.9. The van der Waals surface area contributed by atoms with Crippen molar-refractivity contribution < 1.29 is 23.1 Å². The molecule has 1 fully saturated rings. The number of rotatable bonds is 6. The van der Waals surface area contributed by atoms with Crippen LogP contribution in [0.5, 0.6) is 0 Å². The summed E-state index contributed by atoms with van der Waals surface area (Å²) in [5.74, 6) is 1.09. The van der Waals surface area contributed by atoms with Crippen molar-refractivity contribution in [2.24, 2.45) is 0 Å². The molecule has 35 heavy (non-hydrogen) atoms. The minimum atomic E-state index is -3.70. The zero-order valence-electron chi connectivity index (χ0n) is 19.1. The third-order valence-electron chi connectivity index (χ3n) is 5.65. The second-order valence-electron chi connectivity index (χ2n) is 8.32. The Morgan fingerprint density at radius 3 is 2.63 bits per heavy atom. The molecule has 4 aromatic rings. The van der Waals surface area contributed by atoms with Gasteiger partial charge in [0.15, 0.2) is 5.82 Å². The molecule has 1 amide bonds. The van der Waals surface area contributed by atoms with E-state index in [4.69, 9.17) is 4.74 Å². The summed E-state index contributed by atoms with van der Waals surface area (Å²) < 4.78 is 33.0. The van der Waals surface area contributed by atoms with Crippen LogP contribution in [0.15, 0.2) is 36.9 Å². The van der Waals surface area contributed by atoms with Crippen LogP contribution in [0.25, 0.3) is 22.4 Å². The van der Waals surface area contributed by atoms with Crippen LogP contribution in [0.2, 0.25) is 0 Å². The second kappa shape index (κ2) is 8.39. The highest BCUT2D eigenvalue weighted by atomic mass is 32.2. The monoisotopic (exact) mass is 498 g/mol. The Morgan fingerprint density at radius 2 is 1.97 bits per heavy atom. The Morgan fingerprint density at radius 1 is 1.20 bits per heavy atom. The Kier molecular flexibility index (Phi) is 5.48. The molecule has 4 aromatic heterocycles. The summed E-state index contributed by atoms with van der Waals surface area (Å²) in [5, 5.41) is 13.3. The lowest BCUT2D eigenvalue weighted by molar-refractivity contribution is 0.0410. The molecule has 0 bridgehead atoms. The summed E-state index contributed by atoms with van der Waals surface area (Å²) in [6.45, 7) is 6.13. The molecule has 0 unspecified atom stereocenters. The number of hydrogen-bond acceptors (Lipinski definition) is 9. The minimum Gasteiger partial charge on any atom is -0.464 e. The summed E-state index contributed by atoms with van der Waals surface area (Å²) in [6, 6.07) is 3.19. The molecule has 5 heterocycles. The summed E-state index contributed by atoms with van der Waals surface area (Å²) in [5.41, 5.74) is 1.71. The molecule has 1 saturated heterocycles. The molecular weight excluding hydrogens is 476 g/mol. The van der Waals surface area contributed by atoms with Crippen molar-refractivity contribution in [3.63, 3.8) is 0 Å². The predicted molar refractivity (Wildman–Crippen MR) is 125 cm³/mol. The third-order valence-corrected chi connectivity index (χ3v) is 7.49. The predicted octanol–water partition coefficient (Wildman–Crippen LogP) is 2.37. The fourth-order valence-electron chi connectivity index (χ4n) is 3.91. The quantitative estimate of drug-likeness (QED) is 0.418. The van der Waals surface area contributed by atoms with E-state index in [1.54, 1.807) is 6.07 Å². The first-order chi connectivity index (χ1) is 16.7. The van der Waals surface area contributed by atoms with Gasteiger partial charge in [-0.2, -0.15) is 9.19 Å². The van der Waals surface area contributed by atoms with Gasteiger partial charge in [-0.05, 0) is 20.8 Å². The number of anilines is 2. The highest BCUT2D eigenvalue weighted by Crippen LogP contribution is 2.29. The smallest absolute Gasteiger partial charge is 0.418 e. The van der Waals surface area contributed by atoms with Gasteiger partial charge in [-0.1, -0.05) is 0 Å². The fourth-order valence-corrected chi connectivity index (χ4v) is 5.19. The maximum atomic E-state index is 12.6. The number of nitrogens with zero attached hydrogens (tertiary/aromatic N) is 8. The maximum absolute atomic E-state index is 12.6. The van der Waals surface area contributed by atoms with Crippen molar-refractivity contribution in [1.29, 1.82) is 0 Å². The lowest BCUT2D eigenvalue weighted by atomic mass is 10.3. The number of hydrogen-bond donors (Lipinski definition) is 1. The zero-order chi connectivity index (χ0) is 24.9. The first-order valence-electron chi connectivity index (χ1n) is 10.7. The second-order valence-corrected chi connectivity index (χ2v) is 10.4. The number of aromatic nitrogens is 7. The SMILES string of the molecule is Cc1nc2cnc(N(C(=O)O)c3ccnc(-c4cnn(S(=O)(=O)C5COC5)c4)n3)cc2n1C(C)C. The van der Waals surface area contributed by atoms with E-state index in [0.717, 1.165) is 20.3 Å². The largest absolute Gasteiger partial charge is 0.464 e. The van der Waals surface area contributed by atoms with E-state index >= 15 is 0 Å². The number of amides is 1. The Bertz CT molecular complexity index is 1540. The normalized spacial score (nSPS) is 14.4. The molecule has 1 aliphatic heterocycles. The Labute approximate surface area is 200 Å². The van der Waals surface area contributed by atoms with E-state index in [1.807, 2.05) is 25.3 Å². The lowest BCUT2D eigenvalue weighted by Crippen LogP contribution is -2.43. The Balaban J connectivity index is 1.53. The number of carbonyl (C=O) groups is 1. The van der Waals surface area contributed by atoms with Gasteiger partial charge in [-0.25, -0.2) is 38.0 Å². The third kappa shape index (κ3) is 3.89. The number of imidazole rings is 1. The maximum Gasteiger partial charge on any atom is 0.418 e. The van der Waals surface area contributed by atoms with Gasteiger partial charge in [-0.3, -0.25) is 0 Å². The number of aryl methyl sites for hydroxylation is 1. The summed E-state index contributed by atoms with van der Waals surface area (Å²) >= 11 is 0. The van der Waals surface area contributed by atoms with Gasteiger partial charge in [0, 0.05) is 24.4 Å². The van der Waals surface area contributed by atoms with Gasteiger partial charge in [0.25, 0.3) is 10.0 Å². The van der Waals surface area contributed by atoms with Crippen LogP contribution in [-0.4, -0.2) is 71.8 Å². The van der Waals surface area contributed by atoms with Crippen molar-refractivity contribution >= 4 is 38.8 Å². The van der Waals surface area contributed by atoms with Crippen LogP contribution in [0.3, 0.4) is 0 Å². The molecule has 0 atom stereocenters. The van der Waals surface area contributed by atoms with Crippen LogP contribution in [-0.2, 0) is 14.8 Å². The molecule has 1 aliphatic rings. The van der Waals surface area contributed by atoms with E-state index in [-0.39, 0.29) is 36.7 Å². The lowest BCUT2D eigenvalue weighted by Gasteiger charge is -2.25. The molecule has 14 heteroatoms. The van der Waals surface area contributed by atoms with Crippen molar-refractivity contribution in [3.8, 4) is 11.4 Å². The minimum absolute atomic E-state index is 0.0460. The van der Waals surface area contributed by atoms with Crippen molar-refractivity contribution in [2.75, 3.05) is 18.1 Å². The molecule has 0 aromatic carbocycles. The summed E-state index contributed by atoms with van der Waals surface area (Å²) in [6.07, 6.45) is 4.23. The molecule has 5 rings (SSSR count). The van der Waals surface area contributed by atoms with Gasteiger partial charge in [-0.15, -0.1) is 0 Å². The highest BCUT2D eigenvalue weighted by molar-refractivity contribution is 7.90. The van der Waals surface area contributed by atoms with Gasteiger partial charge < -0.3 is 14.4 Å². The van der Waals surface area contributed by atoms with E-state index < -0.39 is 21.4 Å². The van der Waals surface area contributed by atoms with Gasteiger partial charge in [0.2, 0.25) is 0 Å². The molecular formula is C21H22N8O5S. The van der Waals surface area contributed by atoms with Gasteiger partial charge in [0.1, 0.15) is 28.2 Å². The topological polar surface area (TPSA) is 158 Å². The van der Waals surface area contributed by atoms with Crippen molar-refractivity contribution in [3.05, 3.63) is 42.7 Å². The Hall–Kier alpha value is -3.91. The van der Waals surface area contributed by atoms with Crippen LogP contribution < -0.4 is 4.90 Å². The van der Waals surface area contributed by atoms with Crippen LogP contribution in [0.1, 0.15) is 25.7 Å². The van der Waals surface area contributed by atoms with Crippen molar-refractivity contribution in [1.82, 2.24) is 33.7 Å². The van der Waals surface area contributed by atoms with Gasteiger partial charge in [0.05, 0.1) is 42.9 Å². The average molecular weight is 499 g/mol. The standard InChI is InChI=1S/C21H22N8O5S/c1-12(2)28-13(3)25-16-8-23-19(6-17(16)28)29(21(30)31)18-4-5-22-20(26-18)14-7-24-27(9-14)35(32,33)15-10-34-11-15/h4-9,12,15H,10-11H2,1-3H3,(H,30,31). The van der Waals surface area contributed by atoms with E-state index in [9.17, 15) is 18.3 Å². The fraction of sp³-hybridized carbons (Fsp3) is 0.333. The first kappa shape index (κ1) is 22.9. The molecule has 0 saturated carbocycles. The van der Waals surface area contributed by atoms with Gasteiger partial charge >= 0.3 is 6.09 Å².